The van der Waals surface area contributed by atoms with Crippen molar-refractivity contribution in [3.05, 3.63) is 69.7 Å². The van der Waals surface area contributed by atoms with Crippen molar-refractivity contribution < 1.29 is 4.79 Å². The van der Waals surface area contributed by atoms with Crippen molar-refractivity contribution in [2.45, 2.75) is 19.3 Å². The van der Waals surface area contributed by atoms with E-state index in [4.69, 9.17) is 0 Å². The first-order chi connectivity index (χ1) is 10.1. The highest BCUT2D eigenvalue weighted by molar-refractivity contribution is 9.10. The average Bonchev–Trinajstić information content (AvgIpc) is 3.00. The molecule has 3 rings (SSSR count). The van der Waals surface area contributed by atoms with E-state index >= 15 is 0 Å². The third-order valence-corrected chi connectivity index (χ3v) is 5.04. The minimum absolute atomic E-state index is 0.143. The van der Waals surface area contributed by atoms with E-state index < -0.39 is 0 Å². The number of rotatable bonds is 2. The van der Waals surface area contributed by atoms with Gasteiger partial charge >= 0.3 is 0 Å². The van der Waals surface area contributed by atoms with Crippen LogP contribution in [0.4, 0.5) is 0 Å². The number of hydrogen-bond acceptors (Lipinski definition) is 1. The van der Waals surface area contributed by atoms with Gasteiger partial charge in [0.25, 0.3) is 5.91 Å². The van der Waals surface area contributed by atoms with Crippen molar-refractivity contribution in [3.63, 3.8) is 0 Å². The van der Waals surface area contributed by atoms with Crippen LogP contribution >= 0.6 is 15.9 Å². The molecule has 0 saturated carbocycles. The van der Waals surface area contributed by atoms with Gasteiger partial charge in [-0.2, -0.15) is 0 Å². The molecular weight excluding hydrogens is 326 g/mol. The fraction of sp³-hybridized carbons (Fsp3) is 0.278. The fourth-order valence-corrected chi connectivity index (χ4v) is 3.15. The zero-order valence-electron chi connectivity index (χ0n) is 12.1. The van der Waals surface area contributed by atoms with Gasteiger partial charge in [-0.3, -0.25) is 4.79 Å². The maximum absolute atomic E-state index is 12.6. The molecule has 0 aromatic heterocycles. The van der Waals surface area contributed by atoms with Gasteiger partial charge in [0.1, 0.15) is 0 Å². The van der Waals surface area contributed by atoms with E-state index in [2.05, 4.69) is 40.2 Å². The Kier molecular flexibility index (Phi) is 4.11. The van der Waals surface area contributed by atoms with E-state index in [-0.39, 0.29) is 5.91 Å². The first-order valence-corrected chi connectivity index (χ1v) is 8.05. The molecule has 1 saturated heterocycles. The molecule has 2 nitrogen and oxygen atoms in total. The molecule has 1 unspecified atom stereocenters. The molecule has 108 valence electrons. The van der Waals surface area contributed by atoms with Crippen LogP contribution in [0, 0.1) is 6.92 Å². The van der Waals surface area contributed by atoms with Gasteiger partial charge in [0.05, 0.1) is 0 Å². The predicted molar refractivity (Wildman–Crippen MR) is 88.6 cm³/mol. The van der Waals surface area contributed by atoms with E-state index in [0.717, 1.165) is 35.1 Å². The van der Waals surface area contributed by atoms with E-state index in [1.807, 2.05) is 36.1 Å². The molecule has 0 radical (unpaired) electrons. The van der Waals surface area contributed by atoms with Gasteiger partial charge in [0.2, 0.25) is 0 Å². The minimum Gasteiger partial charge on any atom is -0.338 e. The number of halogens is 1. The smallest absolute Gasteiger partial charge is 0.253 e. The first kappa shape index (κ1) is 14.3. The largest absolute Gasteiger partial charge is 0.338 e. The van der Waals surface area contributed by atoms with Gasteiger partial charge in [-0.1, -0.05) is 46.3 Å². The van der Waals surface area contributed by atoms with Crippen molar-refractivity contribution >= 4 is 21.8 Å². The molecule has 0 N–H and O–H groups in total. The topological polar surface area (TPSA) is 20.3 Å². The SMILES string of the molecule is Cc1cc(C(=O)N2CCC(c3ccccc3)C2)ccc1Br. The highest BCUT2D eigenvalue weighted by Gasteiger charge is 2.27. The van der Waals surface area contributed by atoms with Crippen molar-refractivity contribution in [2.24, 2.45) is 0 Å². The van der Waals surface area contributed by atoms with Crippen molar-refractivity contribution in [3.8, 4) is 0 Å². The van der Waals surface area contributed by atoms with E-state index in [0.29, 0.717) is 5.92 Å². The summed E-state index contributed by atoms with van der Waals surface area (Å²) in [6.45, 7) is 3.67. The monoisotopic (exact) mass is 343 g/mol. The minimum atomic E-state index is 0.143. The Morgan fingerprint density at radius 2 is 1.95 bits per heavy atom. The summed E-state index contributed by atoms with van der Waals surface area (Å²) < 4.78 is 1.04. The van der Waals surface area contributed by atoms with Crippen LogP contribution in [0.2, 0.25) is 0 Å². The Bertz CT molecular complexity index is 654. The molecule has 1 atom stereocenters. The number of aryl methyl sites for hydroxylation is 1. The van der Waals surface area contributed by atoms with Crippen LogP contribution < -0.4 is 0 Å². The predicted octanol–water partition coefficient (Wildman–Crippen LogP) is 4.39. The summed E-state index contributed by atoms with van der Waals surface area (Å²) in [7, 11) is 0. The van der Waals surface area contributed by atoms with Crippen molar-refractivity contribution in [1.29, 1.82) is 0 Å². The molecule has 1 heterocycles. The van der Waals surface area contributed by atoms with Crippen molar-refractivity contribution in [1.82, 2.24) is 4.90 Å². The molecule has 0 aliphatic carbocycles. The molecule has 2 aromatic carbocycles. The third-order valence-electron chi connectivity index (χ3n) is 4.15. The first-order valence-electron chi connectivity index (χ1n) is 7.25. The summed E-state index contributed by atoms with van der Waals surface area (Å²) in [4.78, 5) is 14.6. The standard InChI is InChI=1S/C18H18BrNO/c1-13-11-15(7-8-17(13)19)18(21)20-10-9-16(12-20)14-5-3-2-4-6-14/h2-8,11,16H,9-10,12H2,1H3. The molecule has 1 aliphatic rings. The zero-order chi connectivity index (χ0) is 14.8. The maximum atomic E-state index is 12.6. The molecule has 1 amide bonds. The third kappa shape index (κ3) is 3.03. The quantitative estimate of drug-likeness (QED) is 0.791. The van der Waals surface area contributed by atoms with Gasteiger partial charge in [0, 0.05) is 29.0 Å². The highest BCUT2D eigenvalue weighted by Crippen LogP contribution is 2.28. The lowest BCUT2D eigenvalue weighted by atomic mass is 9.99. The molecule has 21 heavy (non-hydrogen) atoms. The van der Waals surface area contributed by atoms with Crippen LogP contribution in [0.25, 0.3) is 0 Å². The van der Waals surface area contributed by atoms with Gasteiger partial charge < -0.3 is 4.90 Å². The number of hydrogen-bond donors (Lipinski definition) is 0. The lowest BCUT2D eigenvalue weighted by Crippen LogP contribution is -2.28. The summed E-state index contributed by atoms with van der Waals surface area (Å²) in [5, 5.41) is 0. The summed E-state index contributed by atoms with van der Waals surface area (Å²) in [6.07, 6.45) is 1.05. The van der Waals surface area contributed by atoms with Crippen LogP contribution in [-0.2, 0) is 0 Å². The summed E-state index contributed by atoms with van der Waals surface area (Å²) >= 11 is 3.48. The van der Waals surface area contributed by atoms with Crippen LogP contribution in [0.15, 0.2) is 53.0 Å². The Morgan fingerprint density at radius 3 is 2.67 bits per heavy atom. The van der Waals surface area contributed by atoms with Crippen LogP contribution in [-0.4, -0.2) is 23.9 Å². The Hall–Kier alpha value is -1.61. The Balaban J connectivity index is 1.74. The van der Waals surface area contributed by atoms with Gasteiger partial charge in [-0.15, -0.1) is 0 Å². The Labute approximate surface area is 133 Å². The van der Waals surface area contributed by atoms with E-state index in [1.165, 1.54) is 5.56 Å². The van der Waals surface area contributed by atoms with Gasteiger partial charge in [-0.25, -0.2) is 0 Å². The summed E-state index contributed by atoms with van der Waals surface area (Å²) in [5.41, 5.74) is 3.21. The lowest BCUT2D eigenvalue weighted by molar-refractivity contribution is 0.0790. The summed E-state index contributed by atoms with van der Waals surface area (Å²) in [5.74, 6) is 0.607. The average molecular weight is 344 g/mol. The van der Waals surface area contributed by atoms with Crippen LogP contribution in [0.3, 0.4) is 0 Å². The van der Waals surface area contributed by atoms with E-state index in [9.17, 15) is 4.79 Å². The molecule has 2 aromatic rings. The molecule has 1 fully saturated rings. The van der Waals surface area contributed by atoms with Gasteiger partial charge in [0.15, 0.2) is 0 Å². The maximum Gasteiger partial charge on any atom is 0.253 e. The number of carbonyl (C=O) groups is 1. The second-order valence-corrected chi connectivity index (χ2v) is 6.47. The normalized spacial score (nSPS) is 18.0. The number of amides is 1. The molecule has 0 bridgehead atoms. The molecule has 0 spiro atoms. The number of carbonyl (C=O) groups excluding carboxylic acids is 1. The van der Waals surface area contributed by atoms with Gasteiger partial charge in [-0.05, 0) is 42.7 Å². The molecule has 3 heteroatoms. The van der Waals surface area contributed by atoms with Crippen molar-refractivity contribution in [2.75, 3.05) is 13.1 Å². The zero-order valence-corrected chi connectivity index (χ0v) is 13.6. The second kappa shape index (κ2) is 6.02. The highest BCUT2D eigenvalue weighted by atomic mass is 79.9. The number of nitrogens with zero attached hydrogens (tertiary/aromatic N) is 1. The fourth-order valence-electron chi connectivity index (χ4n) is 2.90. The number of benzene rings is 2. The van der Waals surface area contributed by atoms with E-state index in [1.54, 1.807) is 0 Å². The van der Waals surface area contributed by atoms with Crippen LogP contribution in [0.5, 0.6) is 0 Å². The summed E-state index contributed by atoms with van der Waals surface area (Å²) in [6, 6.07) is 16.3. The van der Waals surface area contributed by atoms with Crippen LogP contribution in [0.1, 0.15) is 33.8 Å². The number of likely N-dealkylation sites (tertiary alicyclic amines) is 1. The molecular formula is C18H18BrNO. The second-order valence-electron chi connectivity index (χ2n) is 5.61. The lowest BCUT2D eigenvalue weighted by Gasteiger charge is -2.17. The Morgan fingerprint density at radius 1 is 1.19 bits per heavy atom. The molecule has 1 aliphatic heterocycles.